The van der Waals surface area contributed by atoms with E-state index >= 15 is 0 Å². The van der Waals surface area contributed by atoms with Crippen LogP contribution in [0.1, 0.15) is 11.1 Å². The number of nitriles is 2. The van der Waals surface area contributed by atoms with Gasteiger partial charge in [-0.15, -0.1) is 0 Å². The second-order valence-electron chi connectivity index (χ2n) is 4.64. The van der Waals surface area contributed by atoms with Crippen LogP contribution < -0.4 is 5.32 Å². The van der Waals surface area contributed by atoms with Crippen molar-refractivity contribution < 1.29 is 4.79 Å². The Kier molecular flexibility index (Phi) is 5.46. The summed E-state index contributed by atoms with van der Waals surface area (Å²) >= 11 is 0. The zero-order valence-electron chi connectivity index (χ0n) is 12.2. The summed E-state index contributed by atoms with van der Waals surface area (Å²) in [6, 6.07) is 20.0. The normalized spacial score (nSPS) is 9.65. The molecule has 0 bridgehead atoms. The SMILES string of the molecule is N#CC(C#N)=Cc1ccc(NC(=O)C=Cc2ccccc2)cc1. The van der Waals surface area contributed by atoms with Gasteiger partial charge >= 0.3 is 0 Å². The molecule has 2 rings (SSSR count). The molecule has 4 nitrogen and oxygen atoms in total. The number of anilines is 1. The molecule has 1 amide bonds. The molecule has 0 saturated heterocycles. The number of nitrogens with one attached hydrogen (secondary N) is 1. The number of amides is 1. The zero-order chi connectivity index (χ0) is 16.5. The number of carbonyl (C=O) groups excluding carboxylic acids is 1. The number of benzene rings is 2. The van der Waals surface area contributed by atoms with E-state index in [1.54, 1.807) is 42.5 Å². The van der Waals surface area contributed by atoms with Gasteiger partial charge in [0.1, 0.15) is 17.7 Å². The highest BCUT2D eigenvalue weighted by molar-refractivity contribution is 6.01. The van der Waals surface area contributed by atoms with Gasteiger partial charge in [0.2, 0.25) is 5.91 Å². The lowest BCUT2D eigenvalue weighted by Crippen LogP contribution is -2.07. The number of hydrogen-bond acceptors (Lipinski definition) is 3. The highest BCUT2D eigenvalue weighted by atomic mass is 16.1. The van der Waals surface area contributed by atoms with Gasteiger partial charge in [-0.25, -0.2) is 0 Å². The van der Waals surface area contributed by atoms with E-state index in [-0.39, 0.29) is 11.5 Å². The van der Waals surface area contributed by atoms with Crippen LogP contribution >= 0.6 is 0 Å². The van der Waals surface area contributed by atoms with Crippen molar-refractivity contribution in [3.05, 3.63) is 77.4 Å². The Morgan fingerprint density at radius 1 is 0.913 bits per heavy atom. The molecule has 0 unspecified atom stereocenters. The third kappa shape index (κ3) is 5.00. The second-order valence-corrected chi connectivity index (χ2v) is 4.64. The van der Waals surface area contributed by atoms with Crippen LogP contribution in [0.15, 0.2) is 66.2 Å². The molecule has 110 valence electrons. The summed E-state index contributed by atoms with van der Waals surface area (Å²) in [6.07, 6.45) is 4.69. The number of hydrogen-bond donors (Lipinski definition) is 1. The first-order valence-electron chi connectivity index (χ1n) is 6.87. The van der Waals surface area contributed by atoms with Crippen LogP contribution in [-0.2, 0) is 4.79 Å². The standard InChI is InChI=1S/C19H13N3O/c20-13-17(14-21)12-16-6-9-18(10-7-16)22-19(23)11-8-15-4-2-1-3-5-15/h1-12H,(H,22,23). The van der Waals surface area contributed by atoms with Gasteiger partial charge in [-0.1, -0.05) is 42.5 Å². The predicted octanol–water partition coefficient (Wildman–Crippen LogP) is 3.77. The van der Waals surface area contributed by atoms with Gasteiger partial charge in [0.25, 0.3) is 0 Å². The van der Waals surface area contributed by atoms with Crippen molar-refractivity contribution in [2.24, 2.45) is 0 Å². The summed E-state index contributed by atoms with van der Waals surface area (Å²) in [5, 5.41) is 20.2. The lowest BCUT2D eigenvalue weighted by Gasteiger charge is -2.02. The molecule has 0 aliphatic carbocycles. The number of allylic oxidation sites excluding steroid dienone is 1. The first-order valence-corrected chi connectivity index (χ1v) is 6.87. The van der Waals surface area contributed by atoms with Gasteiger partial charge in [0.05, 0.1) is 0 Å². The molecule has 0 radical (unpaired) electrons. The van der Waals surface area contributed by atoms with E-state index in [9.17, 15) is 4.79 Å². The lowest BCUT2D eigenvalue weighted by molar-refractivity contribution is -0.111. The van der Waals surface area contributed by atoms with Crippen molar-refractivity contribution in [1.29, 1.82) is 10.5 Å². The Bertz CT molecular complexity index is 804. The Labute approximate surface area is 134 Å². The van der Waals surface area contributed by atoms with E-state index < -0.39 is 0 Å². The third-order valence-electron chi connectivity index (χ3n) is 2.96. The fourth-order valence-electron chi connectivity index (χ4n) is 1.84. The first kappa shape index (κ1) is 15.8. The van der Waals surface area contributed by atoms with Gasteiger partial charge in [-0.2, -0.15) is 10.5 Å². The zero-order valence-corrected chi connectivity index (χ0v) is 12.2. The fourth-order valence-corrected chi connectivity index (χ4v) is 1.84. The van der Waals surface area contributed by atoms with Crippen LogP contribution in [0.2, 0.25) is 0 Å². The molecular weight excluding hydrogens is 286 g/mol. The van der Waals surface area contributed by atoms with Crippen molar-refractivity contribution in [1.82, 2.24) is 0 Å². The van der Waals surface area contributed by atoms with Gasteiger partial charge in [-0.3, -0.25) is 4.79 Å². The molecule has 2 aromatic rings. The minimum atomic E-state index is -0.230. The topological polar surface area (TPSA) is 76.7 Å². The van der Waals surface area contributed by atoms with Gasteiger partial charge < -0.3 is 5.32 Å². The predicted molar refractivity (Wildman–Crippen MR) is 89.8 cm³/mol. The Morgan fingerprint density at radius 2 is 1.57 bits per heavy atom. The minimum absolute atomic E-state index is 0.0348. The molecule has 0 aliphatic rings. The summed E-state index contributed by atoms with van der Waals surface area (Å²) in [5.74, 6) is -0.230. The van der Waals surface area contributed by atoms with Crippen LogP contribution in [-0.4, -0.2) is 5.91 Å². The maximum absolute atomic E-state index is 11.8. The summed E-state index contributed by atoms with van der Waals surface area (Å²) < 4.78 is 0. The van der Waals surface area contributed by atoms with Crippen molar-refractivity contribution >= 4 is 23.7 Å². The summed E-state index contributed by atoms with van der Waals surface area (Å²) in [7, 11) is 0. The van der Waals surface area contributed by atoms with Gasteiger partial charge in [0, 0.05) is 11.8 Å². The van der Waals surface area contributed by atoms with E-state index in [2.05, 4.69) is 5.32 Å². The Balaban J connectivity index is 2.00. The number of carbonyl (C=O) groups is 1. The highest BCUT2D eigenvalue weighted by Gasteiger charge is 1.99. The quantitative estimate of drug-likeness (QED) is 0.689. The van der Waals surface area contributed by atoms with Crippen LogP contribution in [0.4, 0.5) is 5.69 Å². The molecule has 2 aromatic carbocycles. The molecule has 0 fully saturated rings. The Morgan fingerprint density at radius 3 is 2.17 bits per heavy atom. The van der Waals surface area contributed by atoms with E-state index in [4.69, 9.17) is 10.5 Å². The van der Waals surface area contributed by atoms with Crippen molar-refractivity contribution in [2.75, 3.05) is 5.32 Å². The molecule has 0 aliphatic heterocycles. The molecule has 0 spiro atoms. The molecular formula is C19H13N3O. The van der Waals surface area contributed by atoms with Gasteiger partial charge in [-0.05, 0) is 35.4 Å². The molecule has 0 aromatic heterocycles. The average Bonchev–Trinajstić information content (AvgIpc) is 2.60. The molecule has 0 saturated carbocycles. The van der Waals surface area contributed by atoms with Crippen molar-refractivity contribution in [2.45, 2.75) is 0 Å². The molecule has 4 heteroatoms. The smallest absolute Gasteiger partial charge is 0.248 e. The fraction of sp³-hybridized carbons (Fsp3) is 0. The van der Waals surface area contributed by atoms with E-state index in [1.807, 2.05) is 30.3 Å². The van der Waals surface area contributed by atoms with Crippen molar-refractivity contribution in [3.63, 3.8) is 0 Å². The van der Waals surface area contributed by atoms with E-state index in [0.29, 0.717) is 5.69 Å². The number of nitrogens with zero attached hydrogens (tertiary/aromatic N) is 2. The summed E-state index contributed by atoms with van der Waals surface area (Å²) in [4.78, 5) is 11.8. The molecule has 0 atom stereocenters. The second kappa shape index (κ2) is 7.97. The van der Waals surface area contributed by atoms with Crippen LogP contribution in [0.5, 0.6) is 0 Å². The lowest BCUT2D eigenvalue weighted by atomic mass is 10.1. The Hall–Kier alpha value is -3.63. The maximum atomic E-state index is 11.8. The highest BCUT2D eigenvalue weighted by Crippen LogP contribution is 2.12. The third-order valence-corrected chi connectivity index (χ3v) is 2.96. The minimum Gasteiger partial charge on any atom is -0.323 e. The van der Waals surface area contributed by atoms with Crippen LogP contribution in [0, 0.1) is 22.7 Å². The van der Waals surface area contributed by atoms with Gasteiger partial charge in [0.15, 0.2) is 0 Å². The van der Waals surface area contributed by atoms with E-state index in [0.717, 1.165) is 11.1 Å². The first-order chi connectivity index (χ1) is 11.2. The maximum Gasteiger partial charge on any atom is 0.248 e. The summed E-state index contributed by atoms with van der Waals surface area (Å²) in [6.45, 7) is 0. The van der Waals surface area contributed by atoms with Crippen LogP contribution in [0.25, 0.3) is 12.2 Å². The molecule has 23 heavy (non-hydrogen) atoms. The molecule has 0 heterocycles. The van der Waals surface area contributed by atoms with E-state index in [1.165, 1.54) is 12.2 Å². The number of rotatable bonds is 4. The average molecular weight is 299 g/mol. The summed E-state index contributed by atoms with van der Waals surface area (Å²) in [5.41, 5.74) is 2.34. The largest absolute Gasteiger partial charge is 0.323 e. The van der Waals surface area contributed by atoms with Crippen molar-refractivity contribution in [3.8, 4) is 12.1 Å². The van der Waals surface area contributed by atoms with Crippen LogP contribution in [0.3, 0.4) is 0 Å². The monoisotopic (exact) mass is 299 g/mol. The molecule has 1 N–H and O–H groups in total.